The first-order valence-corrected chi connectivity index (χ1v) is 3.69. The molecule has 1 aromatic rings. The molecule has 1 aliphatic rings. The number of halogens is 2. The lowest BCUT2D eigenvalue weighted by Crippen LogP contribution is -1.90. The monoisotopic (exact) mass is 167 g/mol. The molecule has 0 saturated heterocycles. The normalized spacial score (nSPS) is 14.4. The van der Waals surface area contributed by atoms with Gasteiger partial charge in [0, 0.05) is 18.2 Å². The predicted octanol–water partition coefficient (Wildman–Crippen LogP) is 2.61. The molecule has 1 aromatic carbocycles. The molecule has 1 aliphatic heterocycles. The highest BCUT2D eigenvalue weighted by Crippen LogP contribution is 2.28. The van der Waals surface area contributed by atoms with Crippen LogP contribution in [-0.4, -0.2) is 5.71 Å². The zero-order valence-electron chi connectivity index (χ0n) is 6.56. The summed E-state index contributed by atoms with van der Waals surface area (Å²) in [5, 5.41) is 0. The molecule has 0 aliphatic carbocycles. The summed E-state index contributed by atoms with van der Waals surface area (Å²) in [6, 6.07) is 2.35. The Balaban J connectivity index is 2.57. The maximum absolute atomic E-state index is 12.7. The predicted molar refractivity (Wildman–Crippen MR) is 42.8 cm³/mol. The van der Waals surface area contributed by atoms with E-state index in [2.05, 4.69) is 4.99 Å². The fourth-order valence-corrected chi connectivity index (χ4v) is 1.34. The highest BCUT2D eigenvalue weighted by Gasteiger charge is 2.14. The van der Waals surface area contributed by atoms with Crippen LogP contribution in [0.25, 0.3) is 0 Å². The summed E-state index contributed by atoms with van der Waals surface area (Å²) in [6.45, 7) is 1.84. The Morgan fingerprint density at radius 3 is 2.67 bits per heavy atom. The van der Waals surface area contributed by atoms with Crippen LogP contribution < -0.4 is 0 Å². The van der Waals surface area contributed by atoms with Gasteiger partial charge in [-0.2, -0.15) is 0 Å². The lowest BCUT2D eigenvalue weighted by atomic mass is 10.1. The van der Waals surface area contributed by atoms with Crippen molar-refractivity contribution in [1.82, 2.24) is 0 Å². The van der Waals surface area contributed by atoms with Crippen LogP contribution in [0.4, 0.5) is 14.5 Å². The van der Waals surface area contributed by atoms with Crippen LogP contribution >= 0.6 is 0 Å². The first kappa shape index (κ1) is 7.40. The lowest BCUT2D eigenvalue weighted by molar-refractivity contribution is 0.508. The molecule has 0 spiro atoms. The Hall–Kier alpha value is -1.25. The van der Waals surface area contributed by atoms with Crippen LogP contribution in [0, 0.1) is 11.6 Å². The number of hydrogen-bond acceptors (Lipinski definition) is 1. The summed E-state index contributed by atoms with van der Waals surface area (Å²) in [4.78, 5) is 4.06. The molecule has 0 fully saturated rings. The summed E-state index contributed by atoms with van der Waals surface area (Å²) in [5.74, 6) is -1.62. The van der Waals surface area contributed by atoms with Crippen LogP contribution in [0.1, 0.15) is 12.5 Å². The van der Waals surface area contributed by atoms with Gasteiger partial charge in [0.2, 0.25) is 0 Å². The van der Waals surface area contributed by atoms with Gasteiger partial charge in [-0.25, -0.2) is 8.78 Å². The molecular formula is C9H7F2N. The van der Waals surface area contributed by atoms with E-state index in [4.69, 9.17) is 0 Å². The second kappa shape index (κ2) is 2.37. The van der Waals surface area contributed by atoms with Gasteiger partial charge in [-0.05, 0) is 18.6 Å². The van der Waals surface area contributed by atoms with Crippen LogP contribution in [0.5, 0.6) is 0 Å². The molecule has 0 atom stereocenters. The molecule has 0 amide bonds. The van der Waals surface area contributed by atoms with Gasteiger partial charge >= 0.3 is 0 Å². The van der Waals surface area contributed by atoms with Crippen LogP contribution in [-0.2, 0) is 6.42 Å². The van der Waals surface area contributed by atoms with Crippen molar-refractivity contribution in [1.29, 1.82) is 0 Å². The fourth-order valence-electron chi connectivity index (χ4n) is 1.34. The third-order valence-corrected chi connectivity index (χ3v) is 1.88. The summed E-state index contributed by atoms with van der Waals surface area (Å²) in [5.41, 5.74) is 2.23. The molecular weight excluding hydrogens is 160 g/mol. The SMILES string of the molecule is CC1=Nc2cc(F)c(F)cc2C1. The van der Waals surface area contributed by atoms with Crippen molar-refractivity contribution >= 4 is 11.4 Å². The van der Waals surface area contributed by atoms with E-state index in [9.17, 15) is 8.78 Å². The smallest absolute Gasteiger partial charge is 0.160 e. The van der Waals surface area contributed by atoms with Crippen molar-refractivity contribution in [2.75, 3.05) is 0 Å². The van der Waals surface area contributed by atoms with Crippen molar-refractivity contribution in [3.05, 3.63) is 29.3 Å². The molecule has 0 N–H and O–H groups in total. The van der Waals surface area contributed by atoms with E-state index in [1.165, 1.54) is 6.07 Å². The Labute approximate surface area is 68.7 Å². The number of benzene rings is 1. The van der Waals surface area contributed by atoms with E-state index in [1.54, 1.807) is 0 Å². The van der Waals surface area contributed by atoms with E-state index in [0.717, 1.165) is 17.3 Å². The van der Waals surface area contributed by atoms with E-state index in [1.807, 2.05) is 6.92 Å². The first-order chi connectivity index (χ1) is 5.66. The standard InChI is InChI=1S/C9H7F2N/c1-5-2-6-3-7(10)8(11)4-9(6)12-5/h3-4H,2H2,1H3. The van der Waals surface area contributed by atoms with E-state index in [-0.39, 0.29) is 0 Å². The highest BCUT2D eigenvalue weighted by molar-refractivity contribution is 5.91. The van der Waals surface area contributed by atoms with Gasteiger partial charge in [-0.3, -0.25) is 4.99 Å². The lowest BCUT2D eigenvalue weighted by Gasteiger charge is -1.97. The topological polar surface area (TPSA) is 12.4 Å². The molecule has 0 aromatic heterocycles. The molecule has 0 saturated carbocycles. The molecule has 62 valence electrons. The molecule has 0 bridgehead atoms. The second-order valence-electron chi connectivity index (χ2n) is 2.92. The Bertz CT molecular complexity index is 369. The van der Waals surface area contributed by atoms with Crippen molar-refractivity contribution in [3.8, 4) is 0 Å². The largest absolute Gasteiger partial charge is 0.257 e. The number of rotatable bonds is 0. The van der Waals surface area contributed by atoms with Gasteiger partial charge < -0.3 is 0 Å². The Morgan fingerprint density at radius 1 is 1.25 bits per heavy atom. The maximum Gasteiger partial charge on any atom is 0.160 e. The van der Waals surface area contributed by atoms with E-state index in [0.29, 0.717) is 12.1 Å². The third kappa shape index (κ3) is 1.02. The summed E-state index contributed by atoms with van der Waals surface area (Å²) in [7, 11) is 0. The average molecular weight is 167 g/mol. The van der Waals surface area contributed by atoms with Gasteiger partial charge in [0.25, 0.3) is 0 Å². The maximum atomic E-state index is 12.7. The van der Waals surface area contributed by atoms with Gasteiger partial charge in [0.05, 0.1) is 5.69 Å². The van der Waals surface area contributed by atoms with Crippen LogP contribution in [0.15, 0.2) is 17.1 Å². The molecule has 2 rings (SSSR count). The van der Waals surface area contributed by atoms with Crippen LogP contribution in [0.2, 0.25) is 0 Å². The zero-order valence-corrected chi connectivity index (χ0v) is 6.56. The Morgan fingerprint density at radius 2 is 1.92 bits per heavy atom. The minimum absolute atomic E-state index is 0.561. The van der Waals surface area contributed by atoms with Crippen molar-refractivity contribution < 1.29 is 8.78 Å². The molecule has 1 heterocycles. The summed E-state index contributed by atoms with van der Waals surface area (Å²) < 4.78 is 25.3. The summed E-state index contributed by atoms with van der Waals surface area (Å²) >= 11 is 0. The van der Waals surface area contributed by atoms with Crippen molar-refractivity contribution in [2.45, 2.75) is 13.3 Å². The van der Waals surface area contributed by atoms with Crippen molar-refractivity contribution in [2.24, 2.45) is 4.99 Å². The number of hydrogen-bond donors (Lipinski definition) is 0. The number of aliphatic imine (C=N–C) groups is 1. The minimum Gasteiger partial charge on any atom is -0.257 e. The van der Waals surface area contributed by atoms with E-state index >= 15 is 0 Å². The molecule has 3 heteroatoms. The number of nitrogens with zero attached hydrogens (tertiary/aromatic N) is 1. The second-order valence-corrected chi connectivity index (χ2v) is 2.92. The first-order valence-electron chi connectivity index (χ1n) is 3.69. The van der Waals surface area contributed by atoms with Gasteiger partial charge in [0.15, 0.2) is 11.6 Å². The fraction of sp³-hybridized carbons (Fsp3) is 0.222. The highest BCUT2D eigenvalue weighted by atomic mass is 19.2. The third-order valence-electron chi connectivity index (χ3n) is 1.88. The molecule has 0 unspecified atom stereocenters. The van der Waals surface area contributed by atoms with Gasteiger partial charge in [-0.15, -0.1) is 0 Å². The molecule has 0 radical (unpaired) electrons. The van der Waals surface area contributed by atoms with E-state index < -0.39 is 11.6 Å². The van der Waals surface area contributed by atoms with Crippen LogP contribution in [0.3, 0.4) is 0 Å². The molecule has 12 heavy (non-hydrogen) atoms. The van der Waals surface area contributed by atoms with Crippen molar-refractivity contribution in [3.63, 3.8) is 0 Å². The minimum atomic E-state index is -0.827. The van der Waals surface area contributed by atoms with Gasteiger partial charge in [-0.1, -0.05) is 0 Å². The molecule has 1 nitrogen and oxygen atoms in total. The average Bonchev–Trinajstić information content (AvgIpc) is 2.30. The Kier molecular flexibility index (Phi) is 1.46. The number of fused-ring (bicyclic) bond motifs is 1. The zero-order chi connectivity index (χ0) is 8.72. The summed E-state index contributed by atoms with van der Waals surface area (Å²) in [6.07, 6.45) is 0.631. The quantitative estimate of drug-likeness (QED) is 0.563. The van der Waals surface area contributed by atoms with Gasteiger partial charge in [0.1, 0.15) is 0 Å².